The van der Waals surface area contributed by atoms with Crippen LogP contribution in [0.4, 0.5) is 0 Å². The molecule has 1 aromatic heterocycles. The van der Waals surface area contributed by atoms with Gasteiger partial charge in [-0.3, -0.25) is 0 Å². The van der Waals surface area contributed by atoms with Crippen molar-refractivity contribution in [3.63, 3.8) is 0 Å². The predicted octanol–water partition coefficient (Wildman–Crippen LogP) is 4.58. The maximum Gasteiger partial charge on any atom is 0.213 e. The highest BCUT2D eigenvalue weighted by molar-refractivity contribution is 6.31. The van der Waals surface area contributed by atoms with Gasteiger partial charge in [-0.25, -0.2) is 4.98 Å². The van der Waals surface area contributed by atoms with Crippen molar-refractivity contribution in [2.24, 2.45) is 5.92 Å². The molecule has 1 aromatic rings. The number of nitrogens with zero attached hydrogens (tertiary/aromatic N) is 1. The molecule has 4 heteroatoms. The van der Waals surface area contributed by atoms with Gasteiger partial charge in [-0.2, -0.15) is 0 Å². The van der Waals surface area contributed by atoms with Gasteiger partial charge in [-0.15, -0.1) is 0 Å². The Morgan fingerprint density at radius 3 is 3.00 bits per heavy atom. The van der Waals surface area contributed by atoms with Crippen LogP contribution in [-0.2, 0) is 6.54 Å². The highest BCUT2D eigenvalue weighted by Crippen LogP contribution is 2.29. The van der Waals surface area contributed by atoms with E-state index in [2.05, 4.69) is 24.1 Å². The van der Waals surface area contributed by atoms with E-state index in [1.165, 1.54) is 19.3 Å². The van der Waals surface area contributed by atoms with Gasteiger partial charge in [0, 0.05) is 18.8 Å². The molecule has 0 spiro atoms. The first-order chi connectivity index (χ1) is 10.2. The number of hydrogen-bond donors (Lipinski definition) is 1. The number of rotatable bonds is 7. The molecule has 118 valence electrons. The zero-order valence-electron chi connectivity index (χ0n) is 13.2. The maximum atomic E-state index is 6.21. The average Bonchev–Trinajstić information content (AvgIpc) is 2.51. The van der Waals surface area contributed by atoms with Crippen LogP contribution in [0.25, 0.3) is 0 Å². The third kappa shape index (κ3) is 5.15. The van der Waals surface area contributed by atoms with Crippen LogP contribution in [0.5, 0.6) is 5.88 Å². The van der Waals surface area contributed by atoms with Crippen molar-refractivity contribution in [3.05, 3.63) is 22.8 Å². The lowest BCUT2D eigenvalue weighted by Crippen LogP contribution is -2.25. The lowest BCUT2D eigenvalue weighted by atomic mass is 9.85. The Bertz CT molecular complexity index is 439. The maximum absolute atomic E-state index is 6.21. The predicted molar refractivity (Wildman–Crippen MR) is 87.9 cm³/mol. The van der Waals surface area contributed by atoms with Crippen molar-refractivity contribution in [1.29, 1.82) is 0 Å². The molecule has 1 N–H and O–H groups in total. The fourth-order valence-corrected chi connectivity index (χ4v) is 3.12. The van der Waals surface area contributed by atoms with E-state index in [1.807, 2.05) is 6.07 Å². The molecule has 1 saturated carbocycles. The van der Waals surface area contributed by atoms with Gasteiger partial charge in [0.25, 0.3) is 0 Å². The highest BCUT2D eigenvalue weighted by atomic mass is 35.5. The third-order valence-corrected chi connectivity index (χ3v) is 4.59. The van der Waals surface area contributed by atoms with Crippen LogP contribution in [-0.4, -0.2) is 17.6 Å². The summed E-state index contributed by atoms with van der Waals surface area (Å²) in [6, 6.07) is 1.99. The Hall–Kier alpha value is -0.800. The zero-order chi connectivity index (χ0) is 15.1. The molecule has 0 aliphatic heterocycles. The fourth-order valence-electron chi connectivity index (χ4n) is 2.95. The average molecular weight is 311 g/mol. The van der Waals surface area contributed by atoms with Crippen molar-refractivity contribution in [2.75, 3.05) is 6.54 Å². The number of pyridine rings is 1. The molecule has 1 aliphatic carbocycles. The van der Waals surface area contributed by atoms with E-state index in [1.54, 1.807) is 6.20 Å². The fraction of sp³-hybridized carbons (Fsp3) is 0.706. The lowest BCUT2D eigenvalue weighted by Gasteiger charge is -2.28. The third-order valence-electron chi connectivity index (χ3n) is 4.25. The van der Waals surface area contributed by atoms with Crippen LogP contribution in [0.3, 0.4) is 0 Å². The second-order valence-corrected chi connectivity index (χ2v) is 6.38. The van der Waals surface area contributed by atoms with Gasteiger partial charge in [-0.1, -0.05) is 38.3 Å². The van der Waals surface area contributed by atoms with E-state index in [4.69, 9.17) is 16.3 Å². The number of halogens is 1. The molecule has 2 rings (SSSR count). The molecular formula is C17H27ClN2O. The van der Waals surface area contributed by atoms with E-state index >= 15 is 0 Å². The molecule has 1 aliphatic rings. The standard InChI is InChI=1S/C17H27ClN2O/c1-3-8-19-11-14-10-17(20-12-16(14)18)21-15-7-5-6-13(4-2)9-15/h10,12-13,15,19H,3-9,11H2,1-2H3. The summed E-state index contributed by atoms with van der Waals surface area (Å²) < 4.78 is 6.09. The van der Waals surface area contributed by atoms with Crippen molar-refractivity contribution in [3.8, 4) is 5.88 Å². The van der Waals surface area contributed by atoms with Crippen molar-refractivity contribution >= 4 is 11.6 Å². The van der Waals surface area contributed by atoms with Gasteiger partial charge in [0.15, 0.2) is 0 Å². The summed E-state index contributed by atoms with van der Waals surface area (Å²) in [5.74, 6) is 1.52. The molecule has 0 saturated heterocycles. The minimum Gasteiger partial charge on any atom is -0.474 e. The zero-order valence-corrected chi connectivity index (χ0v) is 14.0. The van der Waals surface area contributed by atoms with E-state index in [0.717, 1.165) is 49.7 Å². The molecule has 1 fully saturated rings. The first-order valence-electron chi connectivity index (χ1n) is 8.24. The van der Waals surface area contributed by atoms with Gasteiger partial charge in [0.2, 0.25) is 5.88 Å². The molecule has 1 heterocycles. The molecule has 0 radical (unpaired) electrons. The summed E-state index contributed by atoms with van der Waals surface area (Å²) in [6.45, 7) is 6.19. The minimum absolute atomic E-state index is 0.314. The number of aromatic nitrogens is 1. The van der Waals surface area contributed by atoms with Crippen LogP contribution in [0.2, 0.25) is 5.02 Å². The van der Waals surface area contributed by atoms with E-state index in [9.17, 15) is 0 Å². The van der Waals surface area contributed by atoms with Crippen molar-refractivity contribution < 1.29 is 4.74 Å². The molecule has 2 atom stereocenters. The van der Waals surface area contributed by atoms with E-state index in [0.29, 0.717) is 11.1 Å². The monoisotopic (exact) mass is 310 g/mol. The number of nitrogens with one attached hydrogen (secondary N) is 1. The smallest absolute Gasteiger partial charge is 0.213 e. The van der Waals surface area contributed by atoms with Crippen molar-refractivity contribution in [2.45, 2.75) is 65.0 Å². The number of hydrogen-bond acceptors (Lipinski definition) is 3. The van der Waals surface area contributed by atoms with Crippen LogP contribution >= 0.6 is 11.6 Å². The molecular weight excluding hydrogens is 284 g/mol. The quantitative estimate of drug-likeness (QED) is 0.748. The van der Waals surface area contributed by atoms with Gasteiger partial charge in [-0.05, 0) is 43.7 Å². The number of ether oxygens (including phenoxy) is 1. The minimum atomic E-state index is 0.314. The van der Waals surface area contributed by atoms with Gasteiger partial charge in [0.1, 0.15) is 6.10 Å². The Kier molecular flexibility index (Phi) is 6.78. The summed E-state index contributed by atoms with van der Waals surface area (Å²) >= 11 is 6.21. The Morgan fingerprint density at radius 2 is 2.24 bits per heavy atom. The molecule has 0 bridgehead atoms. The van der Waals surface area contributed by atoms with Crippen LogP contribution in [0.1, 0.15) is 57.9 Å². The molecule has 3 nitrogen and oxygen atoms in total. The Morgan fingerprint density at radius 1 is 1.38 bits per heavy atom. The van der Waals surface area contributed by atoms with Crippen LogP contribution in [0, 0.1) is 5.92 Å². The van der Waals surface area contributed by atoms with Crippen LogP contribution < -0.4 is 10.1 Å². The summed E-state index contributed by atoms with van der Waals surface area (Å²) in [7, 11) is 0. The Labute approximate surface area is 133 Å². The van der Waals surface area contributed by atoms with E-state index in [-0.39, 0.29) is 0 Å². The molecule has 21 heavy (non-hydrogen) atoms. The second kappa shape index (κ2) is 8.60. The van der Waals surface area contributed by atoms with E-state index < -0.39 is 0 Å². The summed E-state index contributed by atoms with van der Waals surface area (Å²) in [6.07, 6.45) is 9.30. The Balaban J connectivity index is 1.94. The topological polar surface area (TPSA) is 34.1 Å². The molecule has 0 amide bonds. The van der Waals surface area contributed by atoms with Gasteiger partial charge < -0.3 is 10.1 Å². The summed E-state index contributed by atoms with van der Waals surface area (Å²) in [5, 5.41) is 4.08. The highest BCUT2D eigenvalue weighted by Gasteiger charge is 2.22. The van der Waals surface area contributed by atoms with Crippen LogP contribution in [0.15, 0.2) is 12.3 Å². The van der Waals surface area contributed by atoms with Crippen molar-refractivity contribution in [1.82, 2.24) is 10.3 Å². The largest absolute Gasteiger partial charge is 0.474 e. The molecule has 0 aromatic carbocycles. The lowest BCUT2D eigenvalue weighted by molar-refractivity contribution is 0.117. The first kappa shape index (κ1) is 16.6. The summed E-state index contributed by atoms with van der Waals surface area (Å²) in [5.41, 5.74) is 1.07. The van der Waals surface area contributed by atoms with Gasteiger partial charge >= 0.3 is 0 Å². The normalized spacial score (nSPS) is 22.2. The van der Waals surface area contributed by atoms with Gasteiger partial charge in [0.05, 0.1) is 5.02 Å². The summed E-state index contributed by atoms with van der Waals surface area (Å²) in [4.78, 5) is 4.33. The second-order valence-electron chi connectivity index (χ2n) is 5.97. The SMILES string of the molecule is CCCNCc1cc(OC2CCCC(CC)C2)ncc1Cl. The molecule has 2 unspecified atom stereocenters. The first-order valence-corrected chi connectivity index (χ1v) is 8.62.